The summed E-state index contributed by atoms with van der Waals surface area (Å²) in [5.74, 6) is -5.11. The van der Waals surface area contributed by atoms with Gasteiger partial charge in [-0.1, -0.05) is 12.1 Å². The van der Waals surface area contributed by atoms with Crippen LogP contribution in [0.3, 0.4) is 0 Å². The van der Waals surface area contributed by atoms with Gasteiger partial charge < -0.3 is 15.4 Å². The van der Waals surface area contributed by atoms with Crippen molar-refractivity contribution in [1.29, 1.82) is 0 Å². The van der Waals surface area contributed by atoms with E-state index in [9.17, 15) is 18.3 Å². The monoisotopic (exact) mass is 536 g/mol. The maximum absolute atomic E-state index is 15.7. The van der Waals surface area contributed by atoms with Crippen molar-refractivity contribution in [3.05, 3.63) is 64.4 Å². The van der Waals surface area contributed by atoms with Gasteiger partial charge in [-0.3, -0.25) is 14.2 Å². The molecule has 1 saturated heterocycles. The molecule has 3 heterocycles. The normalized spacial score (nSPS) is 21.1. The second-order valence-electron chi connectivity index (χ2n) is 10.7. The van der Waals surface area contributed by atoms with Crippen molar-refractivity contribution in [2.45, 2.75) is 50.7 Å². The lowest BCUT2D eigenvalue weighted by Gasteiger charge is -2.42. The Hall–Kier alpha value is -2.69. The van der Waals surface area contributed by atoms with Crippen LogP contribution in [0.15, 0.2) is 30.3 Å². The average Bonchev–Trinajstić information content (AvgIpc) is 3.18. The summed E-state index contributed by atoms with van der Waals surface area (Å²) >= 11 is 0. The number of benzene rings is 2. The van der Waals surface area contributed by atoms with Gasteiger partial charge in [-0.25, -0.2) is 17.6 Å². The molecule has 206 valence electrons. The van der Waals surface area contributed by atoms with Crippen molar-refractivity contribution in [1.82, 2.24) is 14.8 Å². The molecule has 0 saturated carbocycles. The van der Waals surface area contributed by atoms with Gasteiger partial charge in [0.25, 0.3) is 5.92 Å². The van der Waals surface area contributed by atoms with E-state index in [4.69, 9.17) is 0 Å². The van der Waals surface area contributed by atoms with Crippen LogP contribution in [-0.2, 0) is 6.42 Å². The quantitative estimate of drug-likeness (QED) is 0.330. The Morgan fingerprint density at radius 1 is 1.13 bits per heavy atom. The van der Waals surface area contributed by atoms with E-state index >= 15 is 8.78 Å². The number of hydrogen-bond donors (Lipinski definition) is 3. The van der Waals surface area contributed by atoms with E-state index < -0.39 is 42.8 Å². The first kappa shape index (κ1) is 26.9. The Morgan fingerprint density at radius 3 is 2.50 bits per heavy atom. The van der Waals surface area contributed by atoms with Gasteiger partial charge in [0, 0.05) is 53.5 Å². The topological polar surface area (TPSA) is 54.5 Å². The largest absolute Gasteiger partial charge is 0.390 e. The third kappa shape index (κ3) is 5.13. The number of alkyl halides is 3. The predicted molar refractivity (Wildman–Crippen MR) is 138 cm³/mol. The summed E-state index contributed by atoms with van der Waals surface area (Å²) < 4.78 is 72.8. The molecule has 2 aromatic carbocycles. The minimum atomic E-state index is -3.45. The van der Waals surface area contributed by atoms with E-state index in [1.54, 1.807) is 6.92 Å². The first-order chi connectivity index (χ1) is 18.1. The number of aliphatic hydroxyl groups excluding tert-OH is 1. The van der Waals surface area contributed by atoms with Crippen molar-refractivity contribution in [2.75, 3.05) is 44.8 Å². The van der Waals surface area contributed by atoms with Crippen LogP contribution >= 0.6 is 0 Å². The highest BCUT2D eigenvalue weighted by Crippen LogP contribution is 2.44. The fourth-order valence-electron chi connectivity index (χ4n) is 5.84. The van der Waals surface area contributed by atoms with Crippen LogP contribution < -0.4 is 5.32 Å². The van der Waals surface area contributed by atoms with E-state index in [0.29, 0.717) is 38.2 Å². The van der Waals surface area contributed by atoms with Crippen LogP contribution in [-0.4, -0.2) is 77.4 Å². The minimum absolute atomic E-state index is 0.0164. The van der Waals surface area contributed by atoms with Crippen LogP contribution in [0.5, 0.6) is 0 Å². The van der Waals surface area contributed by atoms with Crippen LogP contribution in [0.2, 0.25) is 0 Å². The molecule has 5 nitrogen and oxygen atoms in total. The zero-order valence-electron chi connectivity index (χ0n) is 21.5. The van der Waals surface area contributed by atoms with Crippen LogP contribution in [0, 0.1) is 18.6 Å². The Bertz CT molecular complexity index is 1280. The first-order valence-corrected chi connectivity index (χ1v) is 13.0. The number of rotatable bonds is 9. The number of aromatic amines is 1. The number of halogens is 5. The molecule has 2 aliphatic heterocycles. The maximum atomic E-state index is 15.7. The molecule has 2 aliphatic rings. The summed E-state index contributed by atoms with van der Waals surface area (Å²) in [4.78, 5) is 6.71. The summed E-state index contributed by atoms with van der Waals surface area (Å²) in [7, 11) is 0. The third-order valence-corrected chi connectivity index (χ3v) is 7.70. The summed E-state index contributed by atoms with van der Waals surface area (Å²) in [6, 6.07) is 6.61. The molecular formula is C28H33F5N4O. The summed E-state index contributed by atoms with van der Waals surface area (Å²) in [5, 5.41) is 13.3. The second kappa shape index (κ2) is 10.5. The van der Waals surface area contributed by atoms with Gasteiger partial charge in [0.15, 0.2) is 0 Å². The highest BCUT2D eigenvalue weighted by Gasteiger charge is 2.43. The Labute approximate surface area is 218 Å². The van der Waals surface area contributed by atoms with Gasteiger partial charge in [0.1, 0.15) is 18.2 Å². The van der Waals surface area contributed by atoms with E-state index in [-0.39, 0.29) is 24.0 Å². The number of anilines is 1. The SMILES string of the molecule is Cc1ccc2c3c([nH]c2c1)[C@@H](c1c(F)cc(NC2CN(CCCF)C2)cc1F)N(CC(F)(F)CO)[C@H](C)C3. The Balaban J connectivity index is 1.52. The molecule has 2 atom stereocenters. The summed E-state index contributed by atoms with van der Waals surface area (Å²) in [6.45, 7) is 3.02. The number of nitrogens with zero attached hydrogens (tertiary/aromatic N) is 2. The lowest BCUT2D eigenvalue weighted by atomic mass is 9.87. The molecule has 0 unspecified atom stereocenters. The van der Waals surface area contributed by atoms with Gasteiger partial charge >= 0.3 is 0 Å². The second-order valence-corrected chi connectivity index (χ2v) is 10.7. The molecule has 0 radical (unpaired) electrons. The van der Waals surface area contributed by atoms with Crippen LogP contribution in [0.1, 0.15) is 41.8 Å². The third-order valence-electron chi connectivity index (χ3n) is 7.70. The average molecular weight is 537 g/mol. The number of fused-ring (bicyclic) bond motifs is 3. The van der Waals surface area contributed by atoms with E-state index in [2.05, 4.69) is 15.2 Å². The molecule has 1 aromatic heterocycles. The summed E-state index contributed by atoms with van der Waals surface area (Å²) in [5.41, 5.74) is 3.07. The number of nitrogens with one attached hydrogen (secondary N) is 2. The summed E-state index contributed by atoms with van der Waals surface area (Å²) in [6.07, 6.45) is 0.867. The number of aromatic nitrogens is 1. The molecule has 1 fully saturated rings. The van der Waals surface area contributed by atoms with Crippen molar-refractivity contribution >= 4 is 16.6 Å². The van der Waals surface area contributed by atoms with Gasteiger partial charge in [-0.05, 0) is 56.0 Å². The smallest absolute Gasteiger partial charge is 0.283 e. The first-order valence-electron chi connectivity index (χ1n) is 13.0. The fourth-order valence-corrected chi connectivity index (χ4v) is 5.84. The number of likely N-dealkylation sites (tertiary alicyclic amines) is 1. The lowest BCUT2D eigenvalue weighted by molar-refractivity contribution is -0.0869. The van der Waals surface area contributed by atoms with Gasteiger partial charge in [-0.15, -0.1) is 0 Å². The predicted octanol–water partition coefficient (Wildman–Crippen LogP) is 5.17. The maximum Gasteiger partial charge on any atom is 0.283 e. The van der Waals surface area contributed by atoms with Crippen LogP contribution in [0.4, 0.5) is 27.6 Å². The highest BCUT2D eigenvalue weighted by molar-refractivity contribution is 5.86. The van der Waals surface area contributed by atoms with E-state index in [0.717, 1.165) is 22.0 Å². The lowest BCUT2D eigenvalue weighted by Crippen LogP contribution is -2.54. The minimum Gasteiger partial charge on any atom is -0.390 e. The zero-order valence-corrected chi connectivity index (χ0v) is 21.5. The molecular weight excluding hydrogens is 503 g/mol. The van der Waals surface area contributed by atoms with Crippen molar-refractivity contribution in [2.24, 2.45) is 0 Å². The Morgan fingerprint density at radius 2 is 1.84 bits per heavy atom. The number of aliphatic hydroxyl groups is 1. The highest BCUT2D eigenvalue weighted by atomic mass is 19.3. The Kier molecular flexibility index (Phi) is 7.41. The van der Waals surface area contributed by atoms with Gasteiger partial charge in [-0.2, -0.15) is 0 Å². The molecule has 38 heavy (non-hydrogen) atoms. The molecule has 0 amide bonds. The molecule has 5 rings (SSSR count). The number of hydrogen-bond acceptors (Lipinski definition) is 4. The molecule has 0 spiro atoms. The van der Waals surface area contributed by atoms with E-state index in [1.165, 1.54) is 17.0 Å². The van der Waals surface area contributed by atoms with Crippen molar-refractivity contribution in [3.63, 3.8) is 0 Å². The molecule has 3 aromatic rings. The molecule has 3 N–H and O–H groups in total. The standard InChI is InChI=1S/C28H33F5N4O/c1-16-4-5-20-21-9-17(2)37(14-28(32,33)15-38)27(26(21)35-24(20)8-16)25-22(30)10-18(11-23(25)31)34-19-12-36(13-19)7-3-6-29/h4-5,8,10-11,17,19,27,34-35,38H,3,6-7,9,12-15H2,1-2H3/t17-,27-/m1/s1. The molecule has 0 aliphatic carbocycles. The van der Waals surface area contributed by atoms with E-state index in [1.807, 2.05) is 25.1 Å². The molecule has 0 bridgehead atoms. The zero-order chi connectivity index (χ0) is 27.2. The fraction of sp³-hybridized carbons (Fsp3) is 0.500. The van der Waals surface area contributed by atoms with Gasteiger partial charge in [0.05, 0.1) is 25.3 Å². The number of H-pyrrole nitrogens is 1. The van der Waals surface area contributed by atoms with Gasteiger partial charge in [0.2, 0.25) is 0 Å². The van der Waals surface area contributed by atoms with Crippen LogP contribution in [0.25, 0.3) is 10.9 Å². The molecule has 10 heteroatoms. The van der Waals surface area contributed by atoms with Crippen molar-refractivity contribution in [3.8, 4) is 0 Å². The number of aryl methyl sites for hydroxylation is 1. The van der Waals surface area contributed by atoms with Crippen molar-refractivity contribution < 1.29 is 27.1 Å².